The van der Waals surface area contributed by atoms with E-state index in [0.717, 1.165) is 23.2 Å². The highest BCUT2D eigenvalue weighted by molar-refractivity contribution is 7.49. The van der Waals surface area contributed by atoms with Crippen molar-refractivity contribution in [1.82, 2.24) is 38.2 Å². The van der Waals surface area contributed by atoms with Gasteiger partial charge in [-0.05, 0) is 24.3 Å². The van der Waals surface area contributed by atoms with Crippen molar-refractivity contribution in [2.45, 2.75) is 125 Å². The number of aromatic nitrogens is 8. The zero-order valence-electron chi connectivity index (χ0n) is 69.2. The number of fused-ring (bicyclic) bond motifs is 4. The van der Waals surface area contributed by atoms with E-state index in [9.17, 15) is 77.0 Å². The Morgan fingerprint density at radius 2 is 0.653 bits per heavy atom. The fourth-order valence-corrected chi connectivity index (χ4v) is 17.5. The number of methoxy groups -OCH3 is 4. The van der Waals surface area contributed by atoms with Crippen molar-refractivity contribution in [3.63, 3.8) is 0 Å². The number of benzene rings is 4. The van der Waals surface area contributed by atoms with Gasteiger partial charge in [-0.25, -0.2) is 55.0 Å². The summed E-state index contributed by atoms with van der Waals surface area (Å²) in [7, 11) is -12.7. The minimum atomic E-state index is -4.81. The molecular weight excluding hydrogens is 1850 g/mol. The number of phosphoric ester groups is 4. The Kier molecular flexibility index (Phi) is 25.2. The zero-order chi connectivity index (χ0) is 95.0. The molecule has 16 atom stereocenters. The van der Waals surface area contributed by atoms with E-state index in [4.69, 9.17) is 147 Å². The van der Waals surface area contributed by atoms with Crippen LogP contribution in [-0.4, -0.2) is 161 Å². The number of alkyl halides is 4. The summed E-state index contributed by atoms with van der Waals surface area (Å²) in [5, 5.41) is 39.2. The highest BCUT2D eigenvalue weighted by atomic mass is 35.5. The molecule has 16 rings (SSSR count). The van der Waals surface area contributed by atoms with E-state index in [2.05, 4.69) is 0 Å². The molecule has 0 radical (unpaired) electrons. The van der Waals surface area contributed by atoms with E-state index >= 15 is 17.6 Å². The molecule has 4 aromatic carbocycles. The molecule has 4 fully saturated rings. The normalized spacial score (nSPS) is 32.1. The first-order valence-electron chi connectivity index (χ1n) is 38.1. The lowest BCUT2D eigenvalue weighted by molar-refractivity contribution is -0.179. The van der Waals surface area contributed by atoms with Crippen LogP contribution in [-0.2, 0) is 99.8 Å². The van der Waals surface area contributed by atoms with Crippen LogP contribution in [0.5, 0.6) is 46.0 Å². The number of para-hydroxylation sites is 4. The third-order valence-corrected chi connectivity index (χ3v) is 24.0. The predicted octanol–water partition coefficient (Wildman–Crippen LogP) is 7.51. The molecule has 4 saturated heterocycles. The lowest BCUT2D eigenvalue weighted by Crippen LogP contribution is -2.36. The first-order valence-corrected chi connectivity index (χ1v) is 42.5. The van der Waals surface area contributed by atoms with E-state index < -0.39 is 216 Å². The van der Waals surface area contributed by atoms with Crippen LogP contribution in [0.1, 0.15) is 81.0 Å². The van der Waals surface area contributed by atoms with Crippen molar-refractivity contribution in [2.75, 3.05) is 54.8 Å². The van der Waals surface area contributed by atoms with E-state index in [1.54, 1.807) is 65.6 Å². The van der Waals surface area contributed by atoms with Gasteiger partial charge in [0.25, 0.3) is 22.2 Å². The van der Waals surface area contributed by atoms with Crippen molar-refractivity contribution in [2.24, 2.45) is 0 Å². The van der Waals surface area contributed by atoms with Gasteiger partial charge in [0.05, 0.1) is 63.1 Å². The summed E-state index contributed by atoms with van der Waals surface area (Å²) in [5.41, 5.74) is -6.27. The third kappa shape index (κ3) is 20.6. The molecule has 0 aliphatic carbocycles. The van der Waals surface area contributed by atoms with Crippen LogP contribution in [0.2, 0.25) is 20.1 Å². The number of halogens is 8. The second-order valence-corrected chi connectivity index (χ2v) is 34.4. The Bertz CT molecular complexity index is 6420. The molecule has 56 heteroatoms. The summed E-state index contributed by atoms with van der Waals surface area (Å²) in [6, 6.07) is 19.2. The first kappa shape index (κ1) is 84.6. The summed E-state index contributed by atoms with van der Waals surface area (Å²) in [4.78, 5) is 101. The monoisotopic (exact) mass is 1920 g/mol. The van der Waals surface area contributed by atoms with Crippen LogP contribution in [0.4, 0.5) is 17.6 Å². The number of ether oxygens (including phenoxy) is 8. The number of aromatic amines is 4. The molecule has 0 amide bonds. The van der Waals surface area contributed by atoms with Crippen LogP contribution in [0.15, 0.2) is 136 Å². The number of hydrogen-bond acceptors (Lipinski definition) is 36. The number of nitrogens with zero attached hydrogens (tertiary/aromatic N) is 4. The number of H-pyrrole nitrogens is 4. The molecule has 0 spiro atoms. The standard InChI is InChI=1S/4C17H17ClFN2O9P/c4*1-26-12-4-2-3-9-7-27-31(25,30-13(9)12)28-8-17(19)5-11(22)15(29-17)21-6-10(18)14(23)20-16(21)24/h4*2-4,6,11,15,22H,5,7-8H2,1H3,(H,20,23,24)/t4*11-,15-,17+,31?/m1111/s1/i8D2,15D;15D;8D2;. The van der Waals surface area contributed by atoms with Gasteiger partial charge in [0.2, 0.25) is 23.4 Å². The highest BCUT2D eigenvalue weighted by Crippen LogP contribution is 2.62. The lowest BCUT2D eigenvalue weighted by Gasteiger charge is -2.28. The summed E-state index contributed by atoms with van der Waals surface area (Å²) in [5.74, 6) is -11.6. The Labute approximate surface area is 718 Å². The van der Waals surface area contributed by atoms with Crippen LogP contribution < -0.4 is 82.0 Å². The van der Waals surface area contributed by atoms with Gasteiger partial charge in [-0.3, -0.25) is 93.6 Å². The van der Waals surface area contributed by atoms with Gasteiger partial charge in [-0.2, -0.15) is 0 Å². The number of aliphatic hydroxyl groups excluding tert-OH is 4. The highest BCUT2D eigenvalue weighted by Gasteiger charge is 2.56. The van der Waals surface area contributed by atoms with Crippen molar-refractivity contribution < 1.29 is 157 Å². The second-order valence-electron chi connectivity index (χ2n) is 26.6. The topological polar surface area (TPSA) is 553 Å². The number of aliphatic hydroxyl groups is 4. The summed E-state index contributed by atoms with van der Waals surface area (Å²) in [6.07, 6.45) is -16.9. The Morgan fingerprint density at radius 1 is 0.403 bits per heavy atom. The van der Waals surface area contributed by atoms with E-state index in [1.165, 1.54) is 40.6 Å². The molecule has 8 aliphatic rings. The Hall–Kier alpha value is -8.84. The first-order chi connectivity index (χ1) is 60.7. The third-order valence-electron chi connectivity index (χ3n) is 18.0. The number of phosphoric acid groups is 4. The molecule has 672 valence electrons. The van der Waals surface area contributed by atoms with Crippen molar-refractivity contribution in [1.29, 1.82) is 0 Å². The average molecular weight is 1920 g/mol. The smallest absolute Gasteiger partial charge is 0.493 e. The molecule has 44 nitrogen and oxygen atoms in total. The summed E-state index contributed by atoms with van der Waals surface area (Å²) < 4.78 is 266. The average Bonchev–Trinajstić information content (AvgIpc) is 1.53. The molecule has 12 heterocycles. The van der Waals surface area contributed by atoms with Crippen molar-refractivity contribution in [3.8, 4) is 46.0 Å². The number of nitrogens with one attached hydrogen (secondary N) is 4. The Balaban J connectivity index is 0.000000148. The van der Waals surface area contributed by atoms with Crippen molar-refractivity contribution >= 4 is 77.7 Å². The maximum Gasteiger partial charge on any atom is 0.530 e. The van der Waals surface area contributed by atoms with Crippen molar-refractivity contribution in [3.05, 3.63) is 223 Å². The molecule has 8 N–H and O–H groups in total. The predicted molar refractivity (Wildman–Crippen MR) is 412 cm³/mol. The minimum absolute atomic E-state index is 0.0297. The van der Waals surface area contributed by atoms with Gasteiger partial charge in [0.1, 0.15) is 70.8 Å². The van der Waals surface area contributed by atoms with Crippen LogP contribution in [0.25, 0.3) is 0 Å². The second kappa shape index (κ2) is 36.9. The maximum atomic E-state index is 15.7. The quantitative estimate of drug-likeness (QED) is 0.0270. The molecule has 0 saturated carbocycles. The van der Waals surface area contributed by atoms with Gasteiger partial charge in [0.15, 0.2) is 70.9 Å². The zero-order valence-corrected chi connectivity index (χ0v) is 69.8. The van der Waals surface area contributed by atoms with Crippen LogP contribution in [0.3, 0.4) is 0 Å². The number of hydrogen-bond donors (Lipinski definition) is 8. The lowest BCUT2D eigenvalue weighted by atomic mass is 10.2. The molecule has 0 bridgehead atoms. The fraction of sp³-hybridized carbons (Fsp3) is 0.412. The van der Waals surface area contributed by atoms with Gasteiger partial charge in [0, 0.05) is 72.7 Å². The van der Waals surface area contributed by atoms with Gasteiger partial charge in [-0.1, -0.05) is 94.9 Å². The molecule has 4 aromatic heterocycles. The summed E-state index contributed by atoms with van der Waals surface area (Å²) >= 11 is 22.7. The molecule has 4 unspecified atom stereocenters. The Morgan fingerprint density at radius 3 is 0.976 bits per heavy atom. The molecule has 8 aromatic rings. The molecular formula is C68H68Cl4F4N8O36P4. The van der Waals surface area contributed by atoms with Crippen LogP contribution in [0, 0.1) is 0 Å². The van der Waals surface area contributed by atoms with E-state index in [0.29, 0.717) is 43.3 Å². The largest absolute Gasteiger partial charge is 0.530 e. The van der Waals surface area contributed by atoms with E-state index in [-0.39, 0.29) is 76.3 Å². The van der Waals surface area contributed by atoms with Gasteiger partial charge < -0.3 is 76.4 Å². The SMILES string of the molecule is COc1cccc2c1OP(=O)(OC[C@]1(F)C[C@@H](O)[C@H](n3cc(Cl)c(=O)[nH]c3=O)O1)OC2.[2H]C([2H])(OP1(=O)OCc2cccc(OC)c2O1)[C@]1(F)C[C@@H](O)[C@H](n2cc(Cl)c(=O)[nH]c2=O)O1.[2H]C([2H])(OP1(=O)OCc2cccc(OC)c2O1)[C@]1(F)C[C@@H](O)[C@]([2H])(n2cc(Cl)c(=O)[nH]c2=O)O1.[2H][C@@]1(n2cc(Cl)c(=O)[nH]c2=O)O[C@](F)(COP2(=O)OCc3cccc(OC)c3O2)C[C@H]1O. The minimum Gasteiger partial charge on any atom is -0.493 e. The summed E-state index contributed by atoms with van der Waals surface area (Å²) in [6.45, 7) is -10.1. The maximum absolute atomic E-state index is 15.7. The molecule has 8 aliphatic heterocycles. The van der Waals surface area contributed by atoms with Gasteiger partial charge in [-0.15, -0.1) is 0 Å². The molecule has 124 heavy (non-hydrogen) atoms. The van der Waals surface area contributed by atoms with Crippen LogP contribution >= 0.6 is 77.7 Å². The number of rotatable bonds is 20. The fourth-order valence-electron chi connectivity index (χ4n) is 12.2. The van der Waals surface area contributed by atoms with Gasteiger partial charge >= 0.3 is 54.0 Å². The van der Waals surface area contributed by atoms with E-state index in [1.807, 2.05) is 15.0 Å².